The fourth-order valence-electron chi connectivity index (χ4n) is 5.10. The van der Waals surface area contributed by atoms with Crippen LogP contribution in [0, 0.1) is 25.7 Å². The average Bonchev–Trinajstić information content (AvgIpc) is 3.39. The van der Waals surface area contributed by atoms with Gasteiger partial charge in [0.1, 0.15) is 11.9 Å². The first-order valence-corrected chi connectivity index (χ1v) is 10.6. The van der Waals surface area contributed by atoms with Gasteiger partial charge >= 0.3 is 0 Å². The molecule has 1 aromatic carbocycles. The van der Waals surface area contributed by atoms with Gasteiger partial charge in [0.2, 0.25) is 11.8 Å². The molecule has 0 aliphatic carbocycles. The van der Waals surface area contributed by atoms with Crippen LogP contribution in [0.2, 0.25) is 0 Å². The van der Waals surface area contributed by atoms with E-state index in [1.807, 2.05) is 17.1 Å². The molecule has 2 bridgehead atoms. The van der Waals surface area contributed by atoms with Crippen LogP contribution in [0.3, 0.4) is 0 Å². The molecule has 5 rings (SSSR count). The number of carbonyl (C=O) groups excluding carboxylic acids is 2. The maximum atomic E-state index is 13.4. The summed E-state index contributed by atoms with van der Waals surface area (Å²) in [5.41, 5.74) is 3.59. The molecule has 31 heavy (non-hydrogen) atoms. The summed E-state index contributed by atoms with van der Waals surface area (Å²) in [4.78, 5) is 38.4. The van der Waals surface area contributed by atoms with E-state index in [9.17, 15) is 9.59 Å². The second-order valence-corrected chi connectivity index (χ2v) is 8.91. The van der Waals surface area contributed by atoms with E-state index >= 15 is 0 Å². The molecular weight excluding hydrogens is 392 g/mol. The smallest absolute Gasteiger partial charge is 0.230 e. The first kappa shape index (κ1) is 19.9. The van der Waals surface area contributed by atoms with Crippen LogP contribution in [-0.4, -0.2) is 56.9 Å². The Morgan fingerprint density at radius 1 is 1.29 bits per heavy atom. The Bertz CT molecular complexity index is 1070. The van der Waals surface area contributed by atoms with Crippen molar-refractivity contribution < 1.29 is 14.3 Å². The molecule has 2 amide bonds. The normalized spacial score (nSPS) is 28.3. The molecule has 2 saturated heterocycles. The highest BCUT2D eigenvalue weighted by Gasteiger charge is 2.67. The molecule has 1 spiro atoms. The summed E-state index contributed by atoms with van der Waals surface area (Å²) in [5, 5.41) is 0. The van der Waals surface area contributed by atoms with Crippen LogP contribution in [0.5, 0.6) is 0 Å². The highest BCUT2D eigenvalue weighted by atomic mass is 16.5. The van der Waals surface area contributed by atoms with Crippen molar-refractivity contribution in [1.29, 1.82) is 0 Å². The van der Waals surface area contributed by atoms with E-state index in [2.05, 4.69) is 42.0 Å². The van der Waals surface area contributed by atoms with Gasteiger partial charge in [-0.05, 0) is 36.6 Å². The standard InChI is InChI=1S/C24H26N4O3/c1-15-4-5-17(10-16(15)2)11-28-13-24-8-6-19(31-24)20(21(24)23(28)30)22(29)27(3)12-18-7-9-25-14-26-18/h4-10,14,19-21H,11-13H2,1-3H3/t19-,20-,21-,24-/m0/s1. The third-order valence-corrected chi connectivity index (χ3v) is 6.83. The van der Waals surface area contributed by atoms with Crippen molar-refractivity contribution in [2.24, 2.45) is 11.8 Å². The Balaban J connectivity index is 1.36. The van der Waals surface area contributed by atoms with Crippen LogP contribution in [0.4, 0.5) is 0 Å². The number of rotatable bonds is 5. The van der Waals surface area contributed by atoms with Crippen molar-refractivity contribution >= 4 is 11.8 Å². The first-order valence-electron chi connectivity index (χ1n) is 10.6. The van der Waals surface area contributed by atoms with Crippen LogP contribution in [-0.2, 0) is 27.4 Å². The van der Waals surface area contributed by atoms with E-state index in [1.165, 1.54) is 17.5 Å². The number of aryl methyl sites for hydroxylation is 2. The van der Waals surface area contributed by atoms with Crippen LogP contribution in [0.25, 0.3) is 0 Å². The molecule has 0 radical (unpaired) electrons. The van der Waals surface area contributed by atoms with Crippen LogP contribution in [0.1, 0.15) is 22.4 Å². The summed E-state index contributed by atoms with van der Waals surface area (Å²) in [6.07, 6.45) is 6.72. The Kier molecular flexibility index (Phi) is 4.66. The van der Waals surface area contributed by atoms with Gasteiger partial charge in [-0.25, -0.2) is 9.97 Å². The predicted molar refractivity (Wildman–Crippen MR) is 114 cm³/mol. The van der Waals surface area contributed by atoms with E-state index in [-0.39, 0.29) is 17.9 Å². The third-order valence-electron chi connectivity index (χ3n) is 6.83. The average molecular weight is 418 g/mol. The fraction of sp³-hybridized carbons (Fsp3) is 0.417. The predicted octanol–water partition coefficient (Wildman–Crippen LogP) is 2.03. The number of likely N-dealkylation sites (tertiary alicyclic amines) is 1. The number of hydrogen-bond acceptors (Lipinski definition) is 5. The van der Waals surface area contributed by atoms with Gasteiger partial charge in [-0.1, -0.05) is 30.4 Å². The lowest BCUT2D eigenvalue weighted by Crippen LogP contribution is -2.44. The number of amides is 2. The van der Waals surface area contributed by atoms with Gasteiger partial charge in [-0.15, -0.1) is 0 Å². The highest BCUT2D eigenvalue weighted by Crippen LogP contribution is 2.52. The molecule has 160 valence electrons. The van der Waals surface area contributed by atoms with Crippen molar-refractivity contribution in [1.82, 2.24) is 19.8 Å². The molecule has 0 saturated carbocycles. The molecule has 4 atom stereocenters. The van der Waals surface area contributed by atoms with Crippen molar-refractivity contribution in [2.45, 2.75) is 38.6 Å². The monoisotopic (exact) mass is 418 g/mol. The van der Waals surface area contributed by atoms with Gasteiger partial charge < -0.3 is 14.5 Å². The maximum Gasteiger partial charge on any atom is 0.230 e. The lowest BCUT2D eigenvalue weighted by molar-refractivity contribution is -0.142. The number of fused-ring (bicyclic) bond motifs is 1. The van der Waals surface area contributed by atoms with E-state index in [0.29, 0.717) is 19.6 Å². The second kappa shape index (κ2) is 7.27. The number of carbonyl (C=O) groups is 2. The van der Waals surface area contributed by atoms with Gasteiger partial charge in [0.05, 0.1) is 36.7 Å². The van der Waals surface area contributed by atoms with Gasteiger partial charge in [0, 0.05) is 19.8 Å². The molecule has 0 unspecified atom stereocenters. The zero-order chi connectivity index (χ0) is 21.8. The fourth-order valence-corrected chi connectivity index (χ4v) is 5.10. The van der Waals surface area contributed by atoms with Crippen LogP contribution in [0.15, 0.2) is 48.9 Å². The zero-order valence-electron chi connectivity index (χ0n) is 18.0. The van der Waals surface area contributed by atoms with E-state index in [4.69, 9.17) is 4.74 Å². The lowest BCUT2D eigenvalue weighted by atomic mass is 9.76. The Morgan fingerprint density at radius 3 is 2.87 bits per heavy atom. The number of benzene rings is 1. The SMILES string of the molecule is Cc1ccc(CN2C[C@]34C=C[C@H](O3)[C@H](C(=O)N(C)Cc3ccncn3)[C@H]4C2=O)cc1C. The molecule has 3 aliphatic heterocycles. The summed E-state index contributed by atoms with van der Waals surface area (Å²) in [7, 11) is 1.75. The zero-order valence-corrected chi connectivity index (χ0v) is 18.0. The van der Waals surface area contributed by atoms with Crippen molar-refractivity contribution in [3.63, 3.8) is 0 Å². The minimum absolute atomic E-state index is 0.00105. The first-order chi connectivity index (χ1) is 14.9. The summed E-state index contributed by atoms with van der Waals surface area (Å²) in [5.74, 6) is -1.07. The van der Waals surface area contributed by atoms with Gasteiger partial charge in [0.15, 0.2) is 0 Å². The van der Waals surface area contributed by atoms with Crippen molar-refractivity contribution in [3.05, 3.63) is 71.3 Å². The third kappa shape index (κ3) is 3.24. The molecule has 3 aliphatic rings. The molecule has 2 aromatic rings. The second-order valence-electron chi connectivity index (χ2n) is 8.91. The largest absolute Gasteiger partial charge is 0.360 e. The molecule has 2 fully saturated rings. The summed E-state index contributed by atoms with van der Waals surface area (Å²) < 4.78 is 6.25. The maximum absolute atomic E-state index is 13.4. The number of ether oxygens (including phenoxy) is 1. The van der Waals surface area contributed by atoms with Crippen molar-refractivity contribution in [3.8, 4) is 0 Å². The molecule has 7 heteroatoms. The number of aromatic nitrogens is 2. The van der Waals surface area contributed by atoms with Crippen LogP contribution >= 0.6 is 0 Å². The highest BCUT2D eigenvalue weighted by molar-refractivity contribution is 5.93. The summed E-state index contributed by atoms with van der Waals surface area (Å²) in [6, 6.07) is 8.06. The van der Waals surface area contributed by atoms with Gasteiger partial charge in [0.25, 0.3) is 0 Å². The van der Waals surface area contributed by atoms with Gasteiger partial charge in [-0.3, -0.25) is 9.59 Å². The summed E-state index contributed by atoms with van der Waals surface area (Å²) in [6.45, 7) is 5.53. The topological polar surface area (TPSA) is 75.6 Å². The Labute approximate surface area is 181 Å². The quantitative estimate of drug-likeness (QED) is 0.695. The molecular formula is C24H26N4O3. The van der Waals surface area contributed by atoms with Crippen molar-refractivity contribution in [2.75, 3.05) is 13.6 Å². The van der Waals surface area contributed by atoms with E-state index < -0.39 is 17.4 Å². The molecule has 1 aromatic heterocycles. The number of hydrogen-bond donors (Lipinski definition) is 0. The Hall–Kier alpha value is -3.06. The summed E-state index contributed by atoms with van der Waals surface area (Å²) >= 11 is 0. The van der Waals surface area contributed by atoms with E-state index in [0.717, 1.165) is 11.3 Å². The molecule has 4 heterocycles. The molecule has 7 nitrogen and oxygen atoms in total. The lowest BCUT2D eigenvalue weighted by Gasteiger charge is -2.27. The molecule has 0 N–H and O–H groups in total. The Morgan fingerprint density at radius 2 is 2.13 bits per heavy atom. The number of nitrogens with zero attached hydrogens (tertiary/aromatic N) is 4. The minimum Gasteiger partial charge on any atom is -0.360 e. The van der Waals surface area contributed by atoms with Gasteiger partial charge in [-0.2, -0.15) is 0 Å². The van der Waals surface area contributed by atoms with Crippen LogP contribution < -0.4 is 0 Å². The minimum atomic E-state index is -0.697. The van der Waals surface area contributed by atoms with E-state index in [1.54, 1.807) is 24.2 Å².